The Kier molecular flexibility index (Phi) is 7.51. The van der Waals surface area contributed by atoms with E-state index >= 15 is 0 Å². The summed E-state index contributed by atoms with van der Waals surface area (Å²) in [5.41, 5.74) is 0. The number of nitrogens with one attached hydrogen (secondary N) is 2. The van der Waals surface area contributed by atoms with Crippen molar-refractivity contribution in [3.05, 3.63) is 22.4 Å². The molecule has 1 aromatic heterocycles. The van der Waals surface area contributed by atoms with Crippen LogP contribution >= 0.6 is 11.3 Å². The summed E-state index contributed by atoms with van der Waals surface area (Å²) in [5.74, 6) is 1.90. The molecule has 8 heteroatoms. The molecule has 136 valence electrons. The Bertz CT molecular complexity index is 600. The van der Waals surface area contributed by atoms with Crippen molar-refractivity contribution in [3.8, 4) is 0 Å². The van der Waals surface area contributed by atoms with Gasteiger partial charge < -0.3 is 10.6 Å². The Morgan fingerprint density at radius 2 is 2.12 bits per heavy atom. The maximum Gasteiger partial charge on any atom is 0.191 e. The summed E-state index contributed by atoms with van der Waals surface area (Å²) in [4.78, 5) is 7.84. The normalized spacial score (nSPS) is 19.8. The minimum Gasteiger partial charge on any atom is -0.356 e. The molecule has 2 N–H and O–H groups in total. The van der Waals surface area contributed by atoms with Gasteiger partial charge in [-0.3, -0.25) is 9.89 Å². The van der Waals surface area contributed by atoms with Crippen LogP contribution in [0, 0.1) is 5.92 Å². The van der Waals surface area contributed by atoms with Gasteiger partial charge in [-0.05, 0) is 23.8 Å². The molecule has 6 nitrogen and oxygen atoms in total. The molecule has 1 aromatic rings. The Morgan fingerprint density at radius 3 is 2.75 bits per heavy atom. The average molecular weight is 373 g/mol. The maximum atomic E-state index is 11.4. The fourth-order valence-electron chi connectivity index (χ4n) is 2.64. The first-order chi connectivity index (χ1) is 11.5. The third-order valence-corrected chi connectivity index (χ3v) is 6.64. The molecule has 1 saturated heterocycles. The number of sulfone groups is 1. The van der Waals surface area contributed by atoms with Crippen molar-refractivity contribution in [1.29, 1.82) is 0 Å². The minimum absolute atomic E-state index is 0.278. The molecule has 0 bridgehead atoms. The lowest BCUT2D eigenvalue weighted by Crippen LogP contribution is -2.46. The number of hydrogen-bond acceptors (Lipinski definition) is 5. The highest BCUT2D eigenvalue weighted by Gasteiger charge is 2.20. The van der Waals surface area contributed by atoms with Crippen molar-refractivity contribution >= 4 is 27.1 Å². The first-order valence-corrected chi connectivity index (χ1v) is 11.1. The minimum atomic E-state index is -2.80. The predicted molar refractivity (Wildman–Crippen MR) is 102 cm³/mol. The Balaban J connectivity index is 1.62. The van der Waals surface area contributed by atoms with E-state index in [-0.39, 0.29) is 11.5 Å². The van der Waals surface area contributed by atoms with Crippen molar-refractivity contribution in [1.82, 2.24) is 15.5 Å². The van der Waals surface area contributed by atoms with Crippen LogP contribution in [-0.4, -0.2) is 70.6 Å². The van der Waals surface area contributed by atoms with E-state index < -0.39 is 9.84 Å². The van der Waals surface area contributed by atoms with Crippen LogP contribution < -0.4 is 10.6 Å². The van der Waals surface area contributed by atoms with Gasteiger partial charge in [0.1, 0.15) is 0 Å². The van der Waals surface area contributed by atoms with Crippen molar-refractivity contribution in [2.45, 2.75) is 13.3 Å². The molecular weight excluding hydrogens is 344 g/mol. The lowest BCUT2D eigenvalue weighted by atomic mass is 10.1. The molecule has 0 radical (unpaired) electrons. The molecule has 1 atom stereocenters. The van der Waals surface area contributed by atoms with E-state index in [2.05, 4.69) is 45.0 Å². The standard InChI is InChI=1S/C16H28N4O2S2/c1-14(12-15-4-3-9-23-15)13-19-16(17-2)18-5-6-20-7-10-24(21,22)11-8-20/h3-4,9,14H,5-8,10-13H2,1-2H3,(H2,17,18,19). The summed E-state index contributed by atoms with van der Waals surface area (Å²) in [7, 11) is -1.03. The van der Waals surface area contributed by atoms with Gasteiger partial charge in [0.15, 0.2) is 15.8 Å². The van der Waals surface area contributed by atoms with Gasteiger partial charge in [-0.1, -0.05) is 13.0 Å². The lowest BCUT2D eigenvalue weighted by molar-refractivity contribution is 0.299. The third kappa shape index (κ3) is 6.78. The van der Waals surface area contributed by atoms with Crippen molar-refractivity contribution in [2.24, 2.45) is 10.9 Å². The van der Waals surface area contributed by atoms with Gasteiger partial charge in [-0.2, -0.15) is 0 Å². The summed E-state index contributed by atoms with van der Waals surface area (Å²) >= 11 is 1.80. The van der Waals surface area contributed by atoms with E-state index in [1.54, 1.807) is 18.4 Å². The van der Waals surface area contributed by atoms with Crippen LogP contribution in [0.4, 0.5) is 0 Å². The maximum absolute atomic E-state index is 11.4. The second kappa shape index (κ2) is 9.39. The molecular formula is C16H28N4O2S2. The van der Waals surface area contributed by atoms with E-state index in [1.807, 2.05) is 0 Å². The van der Waals surface area contributed by atoms with Crippen molar-refractivity contribution < 1.29 is 8.42 Å². The van der Waals surface area contributed by atoms with Crippen LogP contribution in [0.3, 0.4) is 0 Å². The topological polar surface area (TPSA) is 73.8 Å². The fraction of sp³-hybridized carbons (Fsp3) is 0.688. The molecule has 0 spiro atoms. The largest absolute Gasteiger partial charge is 0.356 e. The highest BCUT2D eigenvalue weighted by atomic mass is 32.2. The Morgan fingerprint density at radius 1 is 1.38 bits per heavy atom. The number of guanidine groups is 1. The summed E-state index contributed by atoms with van der Waals surface area (Å²) in [6, 6.07) is 4.26. The second-order valence-electron chi connectivity index (χ2n) is 6.26. The van der Waals surface area contributed by atoms with E-state index in [1.165, 1.54) is 4.88 Å². The molecule has 24 heavy (non-hydrogen) atoms. The smallest absolute Gasteiger partial charge is 0.191 e. The molecule has 1 fully saturated rings. The number of aliphatic imine (C=N–C) groups is 1. The summed E-state index contributed by atoms with van der Waals surface area (Å²) in [6.45, 7) is 5.97. The molecule has 1 aliphatic rings. The SMILES string of the molecule is CN=C(NCCN1CCS(=O)(=O)CC1)NCC(C)Cc1cccs1. The fourth-order valence-corrected chi connectivity index (χ4v) is 4.79. The molecule has 2 rings (SSSR count). The van der Waals surface area contributed by atoms with Crippen LogP contribution in [0.25, 0.3) is 0 Å². The van der Waals surface area contributed by atoms with Gasteiger partial charge in [0.25, 0.3) is 0 Å². The van der Waals surface area contributed by atoms with E-state index in [4.69, 9.17) is 0 Å². The molecule has 1 unspecified atom stereocenters. The summed E-state index contributed by atoms with van der Waals surface area (Å²) in [5, 5.41) is 8.78. The average Bonchev–Trinajstić information content (AvgIpc) is 3.05. The van der Waals surface area contributed by atoms with Gasteiger partial charge in [-0.25, -0.2) is 8.42 Å². The first kappa shape index (κ1) is 19.2. The van der Waals surface area contributed by atoms with Crippen LogP contribution in [0.5, 0.6) is 0 Å². The molecule has 2 heterocycles. The number of thiophene rings is 1. The van der Waals surface area contributed by atoms with Crippen LogP contribution in [0.2, 0.25) is 0 Å². The van der Waals surface area contributed by atoms with Crippen molar-refractivity contribution in [3.63, 3.8) is 0 Å². The van der Waals surface area contributed by atoms with Crippen LogP contribution in [0.15, 0.2) is 22.5 Å². The monoisotopic (exact) mass is 372 g/mol. The second-order valence-corrected chi connectivity index (χ2v) is 9.60. The molecule has 0 aliphatic carbocycles. The molecule has 0 saturated carbocycles. The van der Waals surface area contributed by atoms with E-state index in [9.17, 15) is 8.42 Å². The molecule has 0 aromatic carbocycles. The zero-order valence-corrected chi connectivity index (χ0v) is 16.1. The lowest BCUT2D eigenvalue weighted by Gasteiger charge is -2.26. The Hall–Kier alpha value is -1.12. The molecule has 1 aliphatic heterocycles. The summed E-state index contributed by atoms with van der Waals surface area (Å²) < 4.78 is 22.8. The van der Waals surface area contributed by atoms with Gasteiger partial charge >= 0.3 is 0 Å². The number of nitrogens with zero attached hydrogens (tertiary/aromatic N) is 2. The zero-order chi connectivity index (χ0) is 17.4. The third-order valence-electron chi connectivity index (χ3n) is 4.13. The first-order valence-electron chi connectivity index (χ1n) is 8.38. The van der Waals surface area contributed by atoms with Gasteiger partial charge in [-0.15, -0.1) is 11.3 Å². The highest BCUT2D eigenvalue weighted by molar-refractivity contribution is 7.91. The van der Waals surface area contributed by atoms with Gasteiger partial charge in [0.05, 0.1) is 11.5 Å². The van der Waals surface area contributed by atoms with Gasteiger partial charge in [0.2, 0.25) is 0 Å². The van der Waals surface area contributed by atoms with Crippen molar-refractivity contribution in [2.75, 3.05) is 51.3 Å². The van der Waals surface area contributed by atoms with E-state index in [0.717, 1.165) is 32.0 Å². The van der Waals surface area contributed by atoms with E-state index in [0.29, 0.717) is 19.0 Å². The zero-order valence-electron chi connectivity index (χ0n) is 14.5. The number of hydrogen-bond donors (Lipinski definition) is 2. The molecule has 0 amide bonds. The Labute approximate surface area is 149 Å². The van der Waals surface area contributed by atoms with Crippen LogP contribution in [-0.2, 0) is 16.3 Å². The summed E-state index contributed by atoms with van der Waals surface area (Å²) in [6.07, 6.45) is 1.07. The quantitative estimate of drug-likeness (QED) is 0.548. The highest BCUT2D eigenvalue weighted by Crippen LogP contribution is 2.13. The van der Waals surface area contributed by atoms with Crippen LogP contribution in [0.1, 0.15) is 11.8 Å². The number of rotatable bonds is 7. The predicted octanol–water partition coefficient (Wildman–Crippen LogP) is 0.822. The van der Waals surface area contributed by atoms with Gasteiger partial charge in [0, 0.05) is 44.6 Å².